The van der Waals surface area contributed by atoms with E-state index in [4.69, 9.17) is 4.98 Å². The minimum absolute atomic E-state index is 0.206. The highest BCUT2D eigenvalue weighted by Crippen LogP contribution is 2.49. The number of thiophene rings is 1. The van der Waals surface area contributed by atoms with Crippen LogP contribution < -0.4 is 0 Å². The Morgan fingerprint density at radius 3 is 2.15 bits per heavy atom. The van der Waals surface area contributed by atoms with E-state index < -0.39 is 0 Å². The van der Waals surface area contributed by atoms with Gasteiger partial charge in [-0.25, -0.2) is 0 Å². The molecule has 0 atom stereocenters. The lowest BCUT2D eigenvalue weighted by atomic mass is 9.63. The summed E-state index contributed by atoms with van der Waals surface area (Å²) < 4.78 is 2.80. The molecule has 0 aliphatic heterocycles. The van der Waals surface area contributed by atoms with Gasteiger partial charge in [0, 0.05) is 37.3 Å². The van der Waals surface area contributed by atoms with Crippen LogP contribution in [0, 0.1) is 0 Å². The van der Waals surface area contributed by atoms with Crippen molar-refractivity contribution in [1.82, 2.24) is 4.98 Å². The van der Waals surface area contributed by atoms with Crippen LogP contribution in [-0.2, 0) is 10.8 Å². The van der Waals surface area contributed by atoms with Crippen molar-refractivity contribution in [3.63, 3.8) is 0 Å². The second kappa shape index (κ2) is 9.13. The van der Waals surface area contributed by atoms with Crippen LogP contribution in [0.5, 0.6) is 0 Å². The van der Waals surface area contributed by atoms with Gasteiger partial charge >= 0.3 is 0 Å². The van der Waals surface area contributed by atoms with Gasteiger partial charge in [0.2, 0.25) is 0 Å². The fraction of sp³-hybridized carbons (Fsp3) is 0.359. The first-order valence-electron chi connectivity index (χ1n) is 15.6. The van der Waals surface area contributed by atoms with Crippen LogP contribution in [0.15, 0.2) is 72.9 Å². The van der Waals surface area contributed by atoms with E-state index in [0.717, 1.165) is 5.69 Å². The number of rotatable bonds is 2. The number of hydrogen-bond donors (Lipinski definition) is 0. The second-order valence-corrected chi connectivity index (χ2v) is 15.2. The van der Waals surface area contributed by atoms with E-state index in [9.17, 15) is 0 Å². The maximum atomic E-state index is 5.06. The quantitative estimate of drug-likeness (QED) is 0.208. The Balaban J connectivity index is 1.36. The van der Waals surface area contributed by atoms with Crippen molar-refractivity contribution in [3.05, 3.63) is 89.6 Å². The number of nitrogens with zero attached hydrogens (tertiary/aromatic N) is 1. The summed E-state index contributed by atoms with van der Waals surface area (Å²) in [4.78, 5) is 5.06. The Bertz CT molecular complexity index is 1980. The van der Waals surface area contributed by atoms with E-state index in [0.29, 0.717) is 5.92 Å². The van der Waals surface area contributed by atoms with Gasteiger partial charge in [-0.1, -0.05) is 71.2 Å². The molecule has 206 valence electrons. The van der Waals surface area contributed by atoms with Crippen LogP contribution in [0.3, 0.4) is 0 Å². The Kier molecular flexibility index (Phi) is 5.68. The summed E-state index contributed by atoms with van der Waals surface area (Å²) in [6.45, 7) is 9.72. The van der Waals surface area contributed by atoms with Gasteiger partial charge in [-0.15, -0.1) is 11.3 Å². The van der Waals surface area contributed by atoms with Gasteiger partial charge in [-0.2, -0.15) is 0 Å². The van der Waals surface area contributed by atoms with Crippen LogP contribution in [0.2, 0.25) is 0 Å². The highest BCUT2D eigenvalue weighted by molar-refractivity contribution is 7.25. The lowest BCUT2D eigenvalue weighted by Crippen LogP contribution is -2.33. The molecule has 0 saturated heterocycles. The fourth-order valence-corrected chi connectivity index (χ4v) is 9.12. The maximum absolute atomic E-state index is 5.06. The Morgan fingerprint density at radius 2 is 1.34 bits per heavy atom. The van der Waals surface area contributed by atoms with Crippen molar-refractivity contribution in [3.8, 4) is 11.3 Å². The molecular weight excluding hydrogens is 515 g/mol. The molecule has 1 saturated carbocycles. The SMILES string of the molecule is CC1(C)CCC(C)(C)c2cc3c(cc21)sc1cc2ccnc(-c4cc(C5CCCCC5)c5ccccc5c4)c2cc13. The van der Waals surface area contributed by atoms with Gasteiger partial charge in [0.1, 0.15) is 0 Å². The van der Waals surface area contributed by atoms with Gasteiger partial charge in [0.25, 0.3) is 0 Å². The zero-order valence-corrected chi connectivity index (χ0v) is 25.6. The van der Waals surface area contributed by atoms with Gasteiger partial charge in [-0.05, 0) is 118 Å². The summed E-state index contributed by atoms with van der Waals surface area (Å²) in [5.74, 6) is 0.648. The van der Waals surface area contributed by atoms with Crippen molar-refractivity contribution >= 4 is 53.1 Å². The van der Waals surface area contributed by atoms with Crippen LogP contribution in [0.25, 0.3) is 53.0 Å². The molecule has 0 N–H and O–H groups in total. The van der Waals surface area contributed by atoms with E-state index in [1.807, 2.05) is 17.5 Å². The summed E-state index contributed by atoms with van der Waals surface area (Å²) in [6.07, 6.45) is 11.2. The van der Waals surface area contributed by atoms with Crippen LogP contribution >= 0.6 is 11.3 Å². The Hall–Kier alpha value is -3.23. The van der Waals surface area contributed by atoms with E-state index in [2.05, 4.69) is 94.4 Å². The predicted octanol–water partition coefficient (Wildman–Crippen LogP) is 11.8. The number of pyridine rings is 1. The lowest BCUT2D eigenvalue weighted by molar-refractivity contribution is 0.332. The molecule has 8 rings (SSSR count). The second-order valence-electron chi connectivity index (χ2n) is 14.1. The van der Waals surface area contributed by atoms with Gasteiger partial charge in [-0.3, -0.25) is 4.98 Å². The summed E-state index contributed by atoms with van der Waals surface area (Å²) in [5, 5.41) is 8.09. The molecule has 0 unspecified atom stereocenters. The average Bonchev–Trinajstić information content (AvgIpc) is 3.34. The molecule has 0 amide bonds. The standard InChI is InChI=1S/C39H39NS/c1-38(2)15-16-39(3,4)34-23-36-32(22-33(34)38)31-21-30-26(20-35(31)41-36)14-17-40-37(30)27-18-25-12-8-9-13-28(25)29(19-27)24-10-6-5-7-11-24/h8-9,12-14,17-24H,5-7,10-11,15-16H2,1-4H3. The van der Waals surface area contributed by atoms with Gasteiger partial charge < -0.3 is 0 Å². The molecule has 4 aromatic carbocycles. The minimum Gasteiger partial charge on any atom is -0.256 e. The van der Waals surface area contributed by atoms with Crippen molar-refractivity contribution in [2.24, 2.45) is 0 Å². The Morgan fingerprint density at radius 1 is 0.659 bits per heavy atom. The third kappa shape index (κ3) is 4.05. The number of fused-ring (bicyclic) bond motifs is 6. The summed E-state index contributed by atoms with van der Waals surface area (Å²) in [6, 6.07) is 26.0. The molecule has 2 aliphatic carbocycles. The third-order valence-corrected chi connectivity index (χ3v) is 11.7. The summed E-state index contributed by atoms with van der Waals surface area (Å²) >= 11 is 1.95. The predicted molar refractivity (Wildman–Crippen MR) is 179 cm³/mol. The average molecular weight is 554 g/mol. The number of aromatic nitrogens is 1. The van der Waals surface area contributed by atoms with Crippen LogP contribution in [-0.4, -0.2) is 4.98 Å². The van der Waals surface area contributed by atoms with E-state index >= 15 is 0 Å². The molecule has 0 radical (unpaired) electrons. The molecule has 41 heavy (non-hydrogen) atoms. The molecular formula is C39H39NS. The van der Waals surface area contributed by atoms with E-state index in [-0.39, 0.29) is 10.8 Å². The smallest absolute Gasteiger partial charge is 0.0780 e. The Labute approximate surface area is 247 Å². The minimum atomic E-state index is 0.206. The molecule has 2 heterocycles. The molecule has 2 aromatic heterocycles. The lowest BCUT2D eigenvalue weighted by Gasteiger charge is -2.41. The molecule has 0 spiro atoms. The van der Waals surface area contributed by atoms with Crippen LogP contribution in [0.1, 0.15) is 95.2 Å². The monoisotopic (exact) mass is 553 g/mol. The molecule has 0 bridgehead atoms. The normalized spacial score (nSPS) is 18.8. The summed E-state index contributed by atoms with van der Waals surface area (Å²) in [7, 11) is 0. The molecule has 2 heteroatoms. The zero-order valence-electron chi connectivity index (χ0n) is 24.8. The fourth-order valence-electron chi connectivity index (χ4n) is 7.96. The highest BCUT2D eigenvalue weighted by Gasteiger charge is 2.37. The zero-order chi connectivity index (χ0) is 27.9. The molecule has 1 fully saturated rings. The molecule has 2 aliphatic rings. The summed E-state index contributed by atoms with van der Waals surface area (Å²) in [5.41, 5.74) is 7.42. The largest absolute Gasteiger partial charge is 0.256 e. The van der Waals surface area contributed by atoms with E-state index in [1.54, 1.807) is 11.1 Å². The third-order valence-electron chi connectivity index (χ3n) is 10.5. The van der Waals surface area contributed by atoms with Gasteiger partial charge in [0.05, 0.1) is 5.69 Å². The number of hydrogen-bond acceptors (Lipinski definition) is 2. The first-order chi connectivity index (χ1) is 19.8. The van der Waals surface area contributed by atoms with Gasteiger partial charge in [0.15, 0.2) is 0 Å². The topological polar surface area (TPSA) is 12.9 Å². The van der Waals surface area contributed by atoms with Crippen molar-refractivity contribution in [2.75, 3.05) is 0 Å². The molecule has 6 aromatic rings. The van der Waals surface area contributed by atoms with Crippen LogP contribution in [0.4, 0.5) is 0 Å². The van der Waals surface area contributed by atoms with Crippen molar-refractivity contribution < 1.29 is 0 Å². The first kappa shape index (κ1) is 25.5. The first-order valence-corrected chi connectivity index (χ1v) is 16.4. The van der Waals surface area contributed by atoms with Crippen molar-refractivity contribution in [2.45, 2.75) is 89.4 Å². The maximum Gasteiger partial charge on any atom is 0.0780 e. The van der Waals surface area contributed by atoms with E-state index in [1.165, 1.54) is 97.8 Å². The highest BCUT2D eigenvalue weighted by atomic mass is 32.1. The molecule has 1 nitrogen and oxygen atoms in total. The number of benzene rings is 4. The van der Waals surface area contributed by atoms with Crippen molar-refractivity contribution in [1.29, 1.82) is 0 Å².